The Kier molecular flexibility index (Phi) is 3.66. The molecule has 6 nitrogen and oxygen atoms in total. The molecule has 1 heterocycles. The van der Waals surface area contributed by atoms with Gasteiger partial charge in [0.2, 0.25) is 5.91 Å². The van der Waals surface area contributed by atoms with E-state index in [1.54, 1.807) is 10.9 Å². The van der Waals surface area contributed by atoms with Gasteiger partial charge in [0.05, 0.1) is 11.9 Å². The Hall–Kier alpha value is -2.63. The Morgan fingerprint density at radius 1 is 1.27 bits per heavy atom. The molecule has 1 saturated carbocycles. The van der Waals surface area contributed by atoms with Crippen molar-refractivity contribution < 1.29 is 14.7 Å². The standard InChI is InChI=1S/C16H17N3O3/c20-14(18-16(8-9-16)15(21)22)7-6-12-10-17-19(11-12)13-4-2-1-3-5-13/h1-5,10-11H,6-9H2,(H,18,20)(H,21,22). The molecular formula is C16H17N3O3. The van der Waals surface area contributed by atoms with E-state index in [0.29, 0.717) is 19.3 Å². The lowest BCUT2D eigenvalue weighted by molar-refractivity contribution is -0.143. The molecule has 1 fully saturated rings. The number of aryl methyl sites for hydroxylation is 1. The molecule has 2 aromatic rings. The predicted octanol–water partition coefficient (Wildman–Crippen LogP) is 1.54. The van der Waals surface area contributed by atoms with E-state index >= 15 is 0 Å². The van der Waals surface area contributed by atoms with Gasteiger partial charge in [-0.25, -0.2) is 9.48 Å². The Balaban J connectivity index is 1.55. The first-order valence-electron chi connectivity index (χ1n) is 7.22. The molecule has 0 aliphatic heterocycles. The molecule has 0 unspecified atom stereocenters. The van der Waals surface area contributed by atoms with E-state index < -0.39 is 11.5 Å². The van der Waals surface area contributed by atoms with E-state index in [0.717, 1.165) is 11.3 Å². The van der Waals surface area contributed by atoms with Crippen LogP contribution in [0.2, 0.25) is 0 Å². The lowest BCUT2D eigenvalue weighted by Gasteiger charge is -2.11. The summed E-state index contributed by atoms with van der Waals surface area (Å²) in [5, 5.41) is 15.9. The van der Waals surface area contributed by atoms with Crippen molar-refractivity contribution in [1.82, 2.24) is 15.1 Å². The average Bonchev–Trinajstić information content (AvgIpc) is 3.15. The van der Waals surface area contributed by atoms with Crippen LogP contribution in [-0.4, -0.2) is 32.3 Å². The van der Waals surface area contributed by atoms with Crippen LogP contribution in [0.5, 0.6) is 0 Å². The number of para-hydroxylation sites is 1. The van der Waals surface area contributed by atoms with Crippen LogP contribution in [0.4, 0.5) is 0 Å². The number of amides is 1. The van der Waals surface area contributed by atoms with Crippen LogP contribution in [0.15, 0.2) is 42.7 Å². The lowest BCUT2D eigenvalue weighted by atomic mass is 10.2. The Morgan fingerprint density at radius 2 is 2.00 bits per heavy atom. The summed E-state index contributed by atoms with van der Waals surface area (Å²) >= 11 is 0. The predicted molar refractivity (Wildman–Crippen MR) is 79.6 cm³/mol. The summed E-state index contributed by atoms with van der Waals surface area (Å²) in [6.07, 6.45) is 5.43. The normalized spacial score (nSPS) is 15.3. The van der Waals surface area contributed by atoms with Gasteiger partial charge in [0, 0.05) is 12.6 Å². The Bertz CT molecular complexity index is 690. The molecule has 2 N–H and O–H groups in total. The average molecular weight is 299 g/mol. The first-order valence-corrected chi connectivity index (χ1v) is 7.22. The van der Waals surface area contributed by atoms with Crippen molar-refractivity contribution in [3.63, 3.8) is 0 Å². The van der Waals surface area contributed by atoms with E-state index in [9.17, 15) is 9.59 Å². The molecule has 114 valence electrons. The van der Waals surface area contributed by atoms with Crippen molar-refractivity contribution in [1.29, 1.82) is 0 Å². The van der Waals surface area contributed by atoms with Gasteiger partial charge in [-0.1, -0.05) is 18.2 Å². The van der Waals surface area contributed by atoms with Crippen molar-refractivity contribution in [2.24, 2.45) is 0 Å². The number of carbonyl (C=O) groups excluding carboxylic acids is 1. The van der Waals surface area contributed by atoms with Gasteiger partial charge in [-0.15, -0.1) is 0 Å². The fraction of sp³-hybridized carbons (Fsp3) is 0.312. The van der Waals surface area contributed by atoms with E-state index in [-0.39, 0.29) is 12.3 Å². The number of carbonyl (C=O) groups is 2. The van der Waals surface area contributed by atoms with E-state index in [1.165, 1.54) is 0 Å². The number of nitrogens with zero attached hydrogens (tertiary/aromatic N) is 2. The molecule has 1 aliphatic rings. The van der Waals surface area contributed by atoms with Gasteiger partial charge in [-0.3, -0.25) is 4.79 Å². The lowest BCUT2D eigenvalue weighted by Crippen LogP contribution is -2.43. The highest BCUT2D eigenvalue weighted by Gasteiger charge is 2.51. The number of nitrogens with one attached hydrogen (secondary N) is 1. The topological polar surface area (TPSA) is 84.2 Å². The molecule has 1 amide bonds. The SMILES string of the molecule is O=C(CCc1cnn(-c2ccccc2)c1)NC1(C(=O)O)CC1. The maximum absolute atomic E-state index is 11.9. The van der Waals surface area contributed by atoms with Crippen molar-refractivity contribution >= 4 is 11.9 Å². The van der Waals surface area contributed by atoms with E-state index in [1.807, 2.05) is 36.5 Å². The second kappa shape index (κ2) is 5.63. The minimum atomic E-state index is -1.01. The fourth-order valence-electron chi connectivity index (χ4n) is 2.32. The van der Waals surface area contributed by atoms with Crippen molar-refractivity contribution in [2.75, 3.05) is 0 Å². The molecule has 0 spiro atoms. The molecule has 6 heteroatoms. The number of rotatable bonds is 6. The van der Waals surface area contributed by atoms with Gasteiger partial charge in [-0.2, -0.15) is 5.10 Å². The quantitative estimate of drug-likeness (QED) is 0.847. The zero-order chi connectivity index (χ0) is 15.6. The number of hydrogen-bond acceptors (Lipinski definition) is 3. The third-order valence-electron chi connectivity index (χ3n) is 3.84. The van der Waals surface area contributed by atoms with E-state index in [4.69, 9.17) is 5.11 Å². The van der Waals surface area contributed by atoms with Crippen molar-refractivity contribution in [3.8, 4) is 5.69 Å². The van der Waals surface area contributed by atoms with E-state index in [2.05, 4.69) is 10.4 Å². The van der Waals surface area contributed by atoms with Crippen LogP contribution in [-0.2, 0) is 16.0 Å². The van der Waals surface area contributed by atoms with Crippen LogP contribution in [0.25, 0.3) is 5.69 Å². The maximum Gasteiger partial charge on any atom is 0.329 e. The van der Waals surface area contributed by atoms with Crippen LogP contribution in [0.3, 0.4) is 0 Å². The number of aromatic nitrogens is 2. The maximum atomic E-state index is 11.9. The van der Waals surface area contributed by atoms with Gasteiger partial charge in [0.15, 0.2) is 0 Å². The van der Waals surface area contributed by atoms with Crippen LogP contribution in [0.1, 0.15) is 24.8 Å². The highest BCUT2D eigenvalue weighted by Crippen LogP contribution is 2.35. The minimum absolute atomic E-state index is 0.229. The molecule has 1 aromatic heterocycles. The summed E-state index contributed by atoms with van der Waals surface area (Å²) in [7, 11) is 0. The van der Waals surface area contributed by atoms with Crippen LogP contribution >= 0.6 is 0 Å². The molecule has 1 aliphatic carbocycles. The second-order valence-corrected chi connectivity index (χ2v) is 5.56. The summed E-state index contributed by atoms with van der Waals surface area (Å²) < 4.78 is 1.76. The van der Waals surface area contributed by atoms with Gasteiger partial charge in [0.25, 0.3) is 0 Å². The minimum Gasteiger partial charge on any atom is -0.480 e. The van der Waals surface area contributed by atoms with Gasteiger partial charge in [-0.05, 0) is 37.0 Å². The summed E-state index contributed by atoms with van der Waals surface area (Å²) in [4.78, 5) is 22.9. The van der Waals surface area contributed by atoms with Gasteiger partial charge in [0.1, 0.15) is 5.54 Å². The molecular weight excluding hydrogens is 282 g/mol. The Morgan fingerprint density at radius 3 is 2.64 bits per heavy atom. The zero-order valence-electron chi connectivity index (χ0n) is 12.0. The molecule has 0 radical (unpaired) electrons. The molecule has 0 atom stereocenters. The molecule has 22 heavy (non-hydrogen) atoms. The van der Waals surface area contributed by atoms with Crippen LogP contribution in [0, 0.1) is 0 Å². The first kappa shape index (κ1) is 14.3. The number of carboxylic acids is 1. The van der Waals surface area contributed by atoms with Crippen LogP contribution < -0.4 is 5.32 Å². The first-order chi connectivity index (χ1) is 10.6. The zero-order valence-corrected chi connectivity index (χ0v) is 12.0. The number of benzene rings is 1. The Labute approximate surface area is 127 Å². The summed E-state index contributed by atoms with van der Waals surface area (Å²) in [6, 6.07) is 9.71. The van der Waals surface area contributed by atoms with Gasteiger partial charge >= 0.3 is 5.97 Å². The number of hydrogen-bond donors (Lipinski definition) is 2. The highest BCUT2D eigenvalue weighted by molar-refractivity contribution is 5.89. The summed E-state index contributed by atoms with van der Waals surface area (Å²) in [5.74, 6) is -1.18. The van der Waals surface area contributed by atoms with Crippen molar-refractivity contribution in [3.05, 3.63) is 48.3 Å². The molecule has 3 rings (SSSR count). The highest BCUT2D eigenvalue weighted by atomic mass is 16.4. The fourth-order valence-corrected chi connectivity index (χ4v) is 2.32. The van der Waals surface area contributed by atoms with Gasteiger partial charge < -0.3 is 10.4 Å². The van der Waals surface area contributed by atoms with Crippen molar-refractivity contribution in [2.45, 2.75) is 31.2 Å². The molecule has 0 saturated heterocycles. The second-order valence-electron chi connectivity index (χ2n) is 5.56. The summed E-state index contributed by atoms with van der Waals surface area (Å²) in [5.41, 5.74) is 0.894. The third kappa shape index (κ3) is 3.00. The summed E-state index contributed by atoms with van der Waals surface area (Å²) in [6.45, 7) is 0. The largest absolute Gasteiger partial charge is 0.480 e. The monoisotopic (exact) mass is 299 g/mol. The molecule has 1 aromatic carbocycles. The third-order valence-corrected chi connectivity index (χ3v) is 3.84. The number of aliphatic carboxylic acids is 1. The number of carboxylic acid groups (broad SMARTS) is 1. The smallest absolute Gasteiger partial charge is 0.329 e. The molecule has 0 bridgehead atoms.